The summed E-state index contributed by atoms with van der Waals surface area (Å²) in [4.78, 5) is 4.37. The monoisotopic (exact) mass is 343 g/mol. The predicted octanol–water partition coefficient (Wildman–Crippen LogP) is 4.84. The van der Waals surface area contributed by atoms with Crippen molar-refractivity contribution in [3.8, 4) is 11.5 Å². The minimum Gasteiger partial charge on any atom is -0.456 e. The number of para-hydroxylation sites is 1. The van der Waals surface area contributed by atoms with Crippen LogP contribution in [0.3, 0.4) is 0 Å². The zero-order chi connectivity index (χ0) is 14.8. The van der Waals surface area contributed by atoms with Crippen molar-refractivity contribution in [2.45, 2.75) is 13.0 Å². The van der Waals surface area contributed by atoms with E-state index in [2.05, 4.69) is 20.9 Å². The molecule has 0 fully saturated rings. The van der Waals surface area contributed by atoms with Crippen molar-refractivity contribution in [2.75, 3.05) is 0 Å². The number of pyridine rings is 1. The number of ether oxygens (including phenoxy) is 1. The molecule has 4 heteroatoms. The third kappa shape index (κ3) is 3.06. The van der Waals surface area contributed by atoms with E-state index in [4.69, 9.17) is 4.74 Å². The lowest BCUT2D eigenvalue weighted by Gasteiger charge is -2.11. The Balaban J connectivity index is 1.89. The van der Waals surface area contributed by atoms with Gasteiger partial charge in [-0.1, -0.05) is 40.2 Å². The zero-order valence-corrected chi connectivity index (χ0v) is 13.0. The number of benzene rings is 2. The lowest BCUT2D eigenvalue weighted by Crippen LogP contribution is -1.93. The van der Waals surface area contributed by atoms with Gasteiger partial charge in [-0.15, -0.1) is 0 Å². The molecule has 0 aliphatic rings. The van der Waals surface area contributed by atoms with E-state index in [1.165, 1.54) is 0 Å². The highest BCUT2D eigenvalue weighted by Crippen LogP contribution is 2.30. The third-order valence-electron chi connectivity index (χ3n) is 3.22. The van der Waals surface area contributed by atoms with Gasteiger partial charge in [0.1, 0.15) is 11.5 Å². The first-order valence-corrected chi connectivity index (χ1v) is 7.43. The maximum atomic E-state index is 9.62. The van der Waals surface area contributed by atoms with Gasteiger partial charge in [0.25, 0.3) is 0 Å². The van der Waals surface area contributed by atoms with Crippen molar-refractivity contribution in [3.63, 3.8) is 0 Å². The van der Waals surface area contributed by atoms with Crippen molar-refractivity contribution in [1.29, 1.82) is 0 Å². The maximum Gasteiger partial charge on any atom is 0.146 e. The summed E-state index contributed by atoms with van der Waals surface area (Å²) in [5.41, 5.74) is 1.77. The van der Waals surface area contributed by atoms with Gasteiger partial charge in [-0.25, -0.2) is 0 Å². The van der Waals surface area contributed by atoms with Crippen molar-refractivity contribution in [2.24, 2.45) is 0 Å². The molecule has 0 spiro atoms. The molecule has 21 heavy (non-hydrogen) atoms. The highest BCUT2D eigenvalue weighted by molar-refractivity contribution is 9.10. The Bertz CT molecular complexity index is 787. The Hall–Kier alpha value is -1.91. The molecule has 3 rings (SSSR count). The fourth-order valence-corrected chi connectivity index (χ4v) is 2.84. The van der Waals surface area contributed by atoms with Crippen LogP contribution in [0.5, 0.6) is 11.5 Å². The number of hydrogen-bond donors (Lipinski definition) is 1. The summed E-state index contributed by atoms with van der Waals surface area (Å²) < 4.78 is 6.65. The molecule has 0 radical (unpaired) electrons. The number of aliphatic hydroxyl groups is 1. The average molecular weight is 344 g/mol. The van der Waals surface area contributed by atoms with Crippen molar-refractivity contribution < 1.29 is 9.84 Å². The second-order valence-corrected chi connectivity index (χ2v) is 5.68. The summed E-state index contributed by atoms with van der Waals surface area (Å²) in [6.07, 6.45) is 1.19. The number of aromatic nitrogens is 1. The lowest BCUT2D eigenvalue weighted by molar-refractivity contribution is 0.198. The molecule has 0 aliphatic heterocycles. The molecule has 3 aromatic rings. The first-order chi connectivity index (χ1) is 10.1. The maximum absolute atomic E-state index is 9.62. The molecular weight excluding hydrogens is 330 g/mol. The van der Waals surface area contributed by atoms with Crippen LogP contribution in [0.25, 0.3) is 10.9 Å². The van der Waals surface area contributed by atoms with Crippen LogP contribution in [-0.4, -0.2) is 10.1 Å². The van der Waals surface area contributed by atoms with Crippen LogP contribution < -0.4 is 4.74 Å². The fourth-order valence-electron chi connectivity index (χ4n) is 2.15. The van der Waals surface area contributed by atoms with Crippen LogP contribution in [0.4, 0.5) is 0 Å². The largest absolute Gasteiger partial charge is 0.456 e. The summed E-state index contributed by atoms with van der Waals surface area (Å²) in [7, 11) is 0. The summed E-state index contributed by atoms with van der Waals surface area (Å²) in [6, 6.07) is 15.4. The van der Waals surface area contributed by atoms with E-state index in [0.29, 0.717) is 11.5 Å². The smallest absolute Gasteiger partial charge is 0.146 e. The summed E-state index contributed by atoms with van der Waals surface area (Å²) >= 11 is 3.45. The molecule has 1 atom stereocenters. The predicted molar refractivity (Wildman–Crippen MR) is 86.6 cm³/mol. The molecule has 1 heterocycles. The van der Waals surface area contributed by atoms with E-state index in [0.717, 1.165) is 20.9 Å². The van der Waals surface area contributed by atoms with E-state index in [9.17, 15) is 5.11 Å². The fraction of sp³-hybridized carbons (Fsp3) is 0.118. The SMILES string of the molecule is C[C@H](O)c1ccc(Oc2cnc3ccccc3c2)cc1Br. The first-order valence-electron chi connectivity index (χ1n) is 6.63. The second-order valence-electron chi connectivity index (χ2n) is 4.83. The Morgan fingerprint density at radius 1 is 1.10 bits per heavy atom. The zero-order valence-electron chi connectivity index (χ0n) is 11.5. The van der Waals surface area contributed by atoms with Gasteiger partial charge < -0.3 is 9.84 Å². The van der Waals surface area contributed by atoms with Crippen LogP contribution in [0, 0.1) is 0 Å². The number of aliphatic hydroxyl groups excluding tert-OH is 1. The van der Waals surface area contributed by atoms with Gasteiger partial charge in [0.05, 0.1) is 17.8 Å². The topological polar surface area (TPSA) is 42.4 Å². The van der Waals surface area contributed by atoms with E-state index < -0.39 is 6.10 Å². The molecular formula is C17H14BrNO2. The quantitative estimate of drug-likeness (QED) is 0.739. The third-order valence-corrected chi connectivity index (χ3v) is 3.91. The number of hydrogen-bond acceptors (Lipinski definition) is 3. The molecule has 1 N–H and O–H groups in total. The Labute approximate surface area is 131 Å². The van der Waals surface area contributed by atoms with Crippen LogP contribution in [0.1, 0.15) is 18.6 Å². The van der Waals surface area contributed by atoms with Gasteiger partial charge in [0.2, 0.25) is 0 Å². The number of halogens is 1. The molecule has 0 unspecified atom stereocenters. The van der Waals surface area contributed by atoms with Gasteiger partial charge in [-0.2, -0.15) is 0 Å². The van der Waals surface area contributed by atoms with Gasteiger partial charge in [0, 0.05) is 9.86 Å². The average Bonchev–Trinajstić information content (AvgIpc) is 2.47. The highest BCUT2D eigenvalue weighted by atomic mass is 79.9. The van der Waals surface area contributed by atoms with Crippen molar-refractivity contribution >= 4 is 26.8 Å². The van der Waals surface area contributed by atoms with Crippen LogP contribution in [0.2, 0.25) is 0 Å². The van der Waals surface area contributed by atoms with E-state index in [-0.39, 0.29) is 0 Å². The van der Waals surface area contributed by atoms with Gasteiger partial charge in [-0.3, -0.25) is 4.98 Å². The Morgan fingerprint density at radius 2 is 1.90 bits per heavy atom. The first kappa shape index (κ1) is 14.0. The van der Waals surface area contributed by atoms with Gasteiger partial charge >= 0.3 is 0 Å². The van der Waals surface area contributed by atoms with Crippen LogP contribution >= 0.6 is 15.9 Å². The number of nitrogens with zero attached hydrogens (tertiary/aromatic N) is 1. The van der Waals surface area contributed by atoms with Gasteiger partial charge in [-0.05, 0) is 36.8 Å². The molecule has 2 aromatic carbocycles. The summed E-state index contributed by atoms with van der Waals surface area (Å²) in [5, 5.41) is 10.7. The van der Waals surface area contributed by atoms with E-state index in [1.54, 1.807) is 13.1 Å². The van der Waals surface area contributed by atoms with Crippen molar-refractivity contribution in [1.82, 2.24) is 4.98 Å². The molecule has 1 aromatic heterocycles. The number of rotatable bonds is 3. The van der Waals surface area contributed by atoms with Gasteiger partial charge in [0.15, 0.2) is 0 Å². The molecule has 0 saturated heterocycles. The molecule has 106 valence electrons. The molecule has 0 saturated carbocycles. The molecule has 0 amide bonds. The summed E-state index contributed by atoms with van der Waals surface area (Å²) in [6.45, 7) is 1.73. The number of fused-ring (bicyclic) bond motifs is 1. The standard InChI is InChI=1S/C17H14BrNO2/c1-11(20)15-7-6-13(9-16(15)18)21-14-8-12-4-2-3-5-17(12)19-10-14/h2-11,20H,1H3/t11-/m0/s1. The Kier molecular flexibility index (Phi) is 3.90. The highest BCUT2D eigenvalue weighted by Gasteiger charge is 2.08. The lowest BCUT2D eigenvalue weighted by atomic mass is 10.1. The normalized spacial score (nSPS) is 12.3. The van der Waals surface area contributed by atoms with E-state index >= 15 is 0 Å². The summed E-state index contributed by atoms with van der Waals surface area (Å²) in [5.74, 6) is 1.38. The van der Waals surface area contributed by atoms with Crippen LogP contribution in [-0.2, 0) is 0 Å². The van der Waals surface area contributed by atoms with Crippen molar-refractivity contribution in [3.05, 3.63) is 64.8 Å². The Morgan fingerprint density at radius 3 is 2.67 bits per heavy atom. The molecule has 3 nitrogen and oxygen atoms in total. The molecule has 0 aliphatic carbocycles. The second kappa shape index (κ2) is 5.84. The van der Waals surface area contributed by atoms with Crippen LogP contribution in [0.15, 0.2) is 59.2 Å². The molecule has 0 bridgehead atoms. The minimum absolute atomic E-state index is 0.518. The minimum atomic E-state index is -0.518. The van der Waals surface area contributed by atoms with E-state index in [1.807, 2.05) is 48.5 Å².